The second-order valence-corrected chi connectivity index (χ2v) is 8.48. The van der Waals surface area contributed by atoms with Crippen LogP contribution < -0.4 is 20.9 Å². The molecule has 7 nitrogen and oxygen atoms in total. The number of benzene rings is 3. The van der Waals surface area contributed by atoms with Gasteiger partial charge in [-0.1, -0.05) is 36.4 Å². The Hall–Kier alpha value is -4.68. The molecule has 0 aliphatic rings. The highest BCUT2D eigenvalue weighted by atomic mass is 19.4. The van der Waals surface area contributed by atoms with Gasteiger partial charge in [-0.25, -0.2) is 14.6 Å². The number of rotatable bonds is 9. The summed E-state index contributed by atoms with van der Waals surface area (Å²) in [7, 11) is 0. The van der Waals surface area contributed by atoms with Crippen molar-refractivity contribution in [3.63, 3.8) is 0 Å². The van der Waals surface area contributed by atoms with E-state index in [2.05, 4.69) is 4.52 Å². The zero-order chi connectivity index (χ0) is 28.9. The molecule has 210 valence electrons. The Morgan fingerprint density at radius 3 is 1.62 bits per heavy atom. The second-order valence-electron chi connectivity index (χ2n) is 8.48. The van der Waals surface area contributed by atoms with Crippen molar-refractivity contribution in [1.29, 1.82) is 0 Å². The quantitative estimate of drug-likeness (QED) is 0.250. The van der Waals surface area contributed by atoms with Crippen LogP contribution in [0.25, 0.3) is 6.08 Å². The van der Waals surface area contributed by atoms with Gasteiger partial charge in [0.25, 0.3) is 0 Å². The molecule has 0 saturated heterocycles. The van der Waals surface area contributed by atoms with E-state index in [0.29, 0.717) is 16.7 Å². The fraction of sp³-hybridized carbons (Fsp3) is 0.185. The Kier molecular flexibility index (Phi) is 8.21. The molecule has 1 N–H and O–H groups in total. The standard InChI is InChI=1S/C27H20F6N2O5/c28-26(29,30)20-7-3-17(4-8-20)15-38-22-12-19(2-1-11-35-24(36)34-25(37)40-35)13-23(14-22)39-16-18-5-9-21(10-6-18)27(31,32)33/h1-10,12-14H,11,15-16H2,(H,34,36,37)/b2-1+. The first-order valence-corrected chi connectivity index (χ1v) is 11.6. The van der Waals surface area contributed by atoms with E-state index < -0.39 is 34.9 Å². The van der Waals surface area contributed by atoms with Crippen molar-refractivity contribution in [1.82, 2.24) is 9.72 Å². The maximum atomic E-state index is 12.8. The fourth-order valence-electron chi connectivity index (χ4n) is 3.49. The molecular weight excluding hydrogens is 546 g/mol. The molecule has 40 heavy (non-hydrogen) atoms. The van der Waals surface area contributed by atoms with E-state index in [1.165, 1.54) is 36.4 Å². The van der Waals surface area contributed by atoms with Crippen molar-refractivity contribution in [3.8, 4) is 11.5 Å². The number of aromatic nitrogens is 2. The summed E-state index contributed by atoms with van der Waals surface area (Å²) in [6.45, 7) is -0.197. The van der Waals surface area contributed by atoms with Crippen LogP contribution in [0.3, 0.4) is 0 Å². The molecule has 1 aromatic heterocycles. The van der Waals surface area contributed by atoms with Crippen molar-refractivity contribution >= 4 is 6.08 Å². The van der Waals surface area contributed by atoms with Gasteiger partial charge in [0.2, 0.25) is 0 Å². The third kappa shape index (κ3) is 7.68. The highest BCUT2D eigenvalue weighted by molar-refractivity contribution is 5.55. The first kappa shape index (κ1) is 28.3. The molecule has 0 fully saturated rings. The summed E-state index contributed by atoms with van der Waals surface area (Å²) in [5, 5.41) is 0. The Balaban J connectivity index is 1.51. The SMILES string of the molecule is O=c1[nH]c(=O)n(C/C=C/c2cc(OCc3ccc(C(F)(F)F)cc3)cc(OCc3ccc(C(F)(F)F)cc3)c2)o1. The fourth-order valence-corrected chi connectivity index (χ4v) is 3.49. The van der Waals surface area contributed by atoms with Crippen LogP contribution >= 0.6 is 0 Å². The highest BCUT2D eigenvalue weighted by Crippen LogP contribution is 2.31. The molecule has 3 aromatic carbocycles. The van der Waals surface area contributed by atoms with Gasteiger partial charge in [-0.2, -0.15) is 26.3 Å². The zero-order valence-corrected chi connectivity index (χ0v) is 20.4. The molecule has 0 radical (unpaired) electrons. The first-order chi connectivity index (χ1) is 18.9. The number of allylic oxidation sites excluding steroid dienone is 1. The molecule has 0 saturated carbocycles. The molecule has 4 aromatic rings. The number of nitrogens with one attached hydrogen (secondary N) is 1. The average molecular weight is 566 g/mol. The molecule has 4 rings (SSSR count). The number of alkyl halides is 6. The minimum absolute atomic E-state index is 0.0620. The van der Waals surface area contributed by atoms with Crippen molar-refractivity contribution in [2.45, 2.75) is 32.1 Å². The van der Waals surface area contributed by atoms with E-state index in [9.17, 15) is 35.9 Å². The summed E-state index contributed by atoms with van der Waals surface area (Å²) < 4.78 is 93.9. The normalized spacial score (nSPS) is 12.2. The summed E-state index contributed by atoms with van der Waals surface area (Å²) in [4.78, 5) is 24.7. The number of hydrogen-bond acceptors (Lipinski definition) is 5. The molecule has 1 heterocycles. The maximum Gasteiger partial charge on any atom is 0.440 e. The summed E-state index contributed by atoms with van der Waals surface area (Å²) in [5.41, 5.74) is -0.840. The van der Waals surface area contributed by atoms with Gasteiger partial charge in [0.05, 0.1) is 17.7 Å². The van der Waals surface area contributed by atoms with E-state index in [-0.39, 0.29) is 31.3 Å². The predicted molar refractivity (Wildman–Crippen MR) is 131 cm³/mol. The van der Waals surface area contributed by atoms with Crippen molar-refractivity contribution < 1.29 is 40.3 Å². The van der Waals surface area contributed by atoms with Crippen molar-refractivity contribution in [3.05, 3.63) is 122 Å². The van der Waals surface area contributed by atoms with Crippen LogP contribution in [0.1, 0.15) is 27.8 Å². The molecule has 13 heteroatoms. The zero-order valence-electron chi connectivity index (χ0n) is 20.4. The Morgan fingerprint density at radius 1 is 0.750 bits per heavy atom. The van der Waals surface area contributed by atoms with Gasteiger partial charge >= 0.3 is 23.8 Å². The predicted octanol–water partition coefficient (Wildman–Crippen LogP) is 6.04. The second kappa shape index (κ2) is 11.6. The van der Waals surface area contributed by atoms with Crippen LogP contribution in [0.4, 0.5) is 26.3 Å². The third-order valence-electron chi connectivity index (χ3n) is 5.49. The molecule has 0 bridgehead atoms. The Bertz CT molecular complexity index is 1500. The summed E-state index contributed by atoms with van der Waals surface area (Å²) in [5.74, 6) is -0.333. The summed E-state index contributed by atoms with van der Waals surface area (Å²) in [6, 6.07) is 13.6. The topological polar surface area (TPSA) is 86.5 Å². The van der Waals surface area contributed by atoms with E-state index in [1.807, 2.05) is 4.98 Å². The number of aromatic amines is 1. The molecule has 0 aliphatic carbocycles. The molecule has 0 unspecified atom stereocenters. The highest BCUT2D eigenvalue weighted by Gasteiger charge is 2.30. The summed E-state index contributed by atoms with van der Waals surface area (Å²) >= 11 is 0. The van der Waals surface area contributed by atoms with Crippen LogP contribution in [0.15, 0.2) is 86.9 Å². The van der Waals surface area contributed by atoms with E-state index in [0.717, 1.165) is 29.0 Å². The average Bonchev–Trinajstić information content (AvgIpc) is 3.22. The van der Waals surface area contributed by atoms with Gasteiger partial charge < -0.3 is 14.0 Å². The minimum atomic E-state index is -4.46. The van der Waals surface area contributed by atoms with Crippen molar-refractivity contribution in [2.75, 3.05) is 0 Å². The van der Waals surface area contributed by atoms with E-state index >= 15 is 0 Å². The van der Waals surface area contributed by atoms with Crippen LogP contribution in [0.2, 0.25) is 0 Å². The van der Waals surface area contributed by atoms with Crippen LogP contribution in [0, 0.1) is 0 Å². The minimum Gasteiger partial charge on any atom is -0.489 e. The van der Waals surface area contributed by atoms with Gasteiger partial charge in [-0.15, -0.1) is 4.74 Å². The molecule has 0 atom stereocenters. The number of ether oxygens (including phenoxy) is 2. The van der Waals surface area contributed by atoms with Gasteiger partial charge in [0.1, 0.15) is 24.7 Å². The van der Waals surface area contributed by atoms with Gasteiger partial charge in [-0.3, -0.25) is 0 Å². The lowest BCUT2D eigenvalue weighted by Crippen LogP contribution is -2.15. The Morgan fingerprint density at radius 2 is 1.23 bits per heavy atom. The first-order valence-electron chi connectivity index (χ1n) is 11.6. The lowest BCUT2D eigenvalue weighted by Gasteiger charge is -2.13. The monoisotopic (exact) mass is 566 g/mol. The number of nitrogens with zero attached hydrogens (tertiary/aromatic N) is 1. The van der Waals surface area contributed by atoms with Crippen LogP contribution in [0.5, 0.6) is 11.5 Å². The number of hydrogen-bond donors (Lipinski definition) is 1. The molecular formula is C27H20F6N2O5. The van der Waals surface area contributed by atoms with Crippen LogP contribution in [-0.2, 0) is 32.1 Å². The lowest BCUT2D eigenvalue weighted by molar-refractivity contribution is -0.138. The molecule has 0 spiro atoms. The largest absolute Gasteiger partial charge is 0.489 e. The smallest absolute Gasteiger partial charge is 0.440 e. The van der Waals surface area contributed by atoms with E-state index in [4.69, 9.17) is 9.47 Å². The third-order valence-corrected chi connectivity index (χ3v) is 5.49. The number of halogens is 6. The van der Waals surface area contributed by atoms with Crippen molar-refractivity contribution in [2.24, 2.45) is 0 Å². The summed E-state index contributed by atoms with van der Waals surface area (Å²) in [6.07, 6.45) is -5.83. The van der Waals surface area contributed by atoms with E-state index in [1.54, 1.807) is 18.2 Å². The Labute approximate surface area is 221 Å². The number of H-pyrrole nitrogens is 1. The lowest BCUT2D eigenvalue weighted by atomic mass is 10.1. The maximum absolute atomic E-state index is 12.8. The van der Waals surface area contributed by atoms with Crippen LogP contribution in [-0.4, -0.2) is 9.72 Å². The van der Waals surface area contributed by atoms with Gasteiger partial charge in [0, 0.05) is 6.07 Å². The molecule has 0 amide bonds. The van der Waals surface area contributed by atoms with Gasteiger partial charge in [-0.05, 0) is 53.1 Å². The van der Waals surface area contributed by atoms with Gasteiger partial charge in [0.15, 0.2) is 0 Å². The molecule has 0 aliphatic heterocycles.